The van der Waals surface area contributed by atoms with E-state index in [1.807, 2.05) is 0 Å². The lowest BCUT2D eigenvalue weighted by atomic mass is 9.92. The third-order valence-electron chi connectivity index (χ3n) is 3.69. The average molecular weight is 254 g/mol. The van der Waals surface area contributed by atoms with Crippen LogP contribution in [0, 0.1) is 5.41 Å². The third-order valence-corrected chi connectivity index (χ3v) is 3.69. The fourth-order valence-corrected chi connectivity index (χ4v) is 2.69. The zero-order valence-electron chi connectivity index (χ0n) is 10.7. The van der Waals surface area contributed by atoms with Crippen LogP contribution >= 0.6 is 0 Å². The minimum absolute atomic E-state index is 0.176. The number of rotatable bonds is 1. The molecule has 0 aliphatic carbocycles. The van der Waals surface area contributed by atoms with Gasteiger partial charge in [0.05, 0.1) is 11.5 Å². The molecule has 2 saturated heterocycles. The van der Waals surface area contributed by atoms with Crippen LogP contribution in [0.4, 0.5) is 4.79 Å². The number of hydrogen-bond acceptors (Lipinski definition) is 3. The lowest BCUT2D eigenvalue weighted by Gasteiger charge is -2.35. The largest absolute Gasteiger partial charge is 0.465 e. The first kappa shape index (κ1) is 12.9. The van der Waals surface area contributed by atoms with Crippen molar-refractivity contribution in [2.45, 2.75) is 39.2 Å². The molecule has 2 heterocycles. The fourth-order valence-electron chi connectivity index (χ4n) is 2.69. The quantitative estimate of drug-likeness (QED) is 0.706. The second-order valence-corrected chi connectivity index (χ2v) is 5.65. The van der Waals surface area contributed by atoms with E-state index < -0.39 is 11.5 Å². The molecule has 1 unspecified atom stereocenters. The standard InChI is InChI=1S/C12H18N2O4/c1-12(2)6-9(15)14(10(12)16)8-4-3-5-13(7-8)11(17)18/h8H,3-7H2,1-2H3,(H,17,18). The predicted molar refractivity (Wildman–Crippen MR) is 62.9 cm³/mol. The molecular formula is C12H18N2O4. The number of likely N-dealkylation sites (tertiary alicyclic amines) is 2. The molecule has 0 aromatic heterocycles. The van der Waals surface area contributed by atoms with Gasteiger partial charge in [-0.15, -0.1) is 0 Å². The molecule has 6 heteroatoms. The molecule has 2 aliphatic heterocycles. The van der Waals surface area contributed by atoms with E-state index in [1.165, 1.54) is 9.80 Å². The van der Waals surface area contributed by atoms with Crippen LogP contribution < -0.4 is 0 Å². The molecule has 3 amide bonds. The maximum atomic E-state index is 12.2. The van der Waals surface area contributed by atoms with E-state index in [1.54, 1.807) is 13.8 Å². The normalized spacial score (nSPS) is 27.8. The van der Waals surface area contributed by atoms with Crippen molar-refractivity contribution < 1.29 is 19.5 Å². The van der Waals surface area contributed by atoms with Crippen molar-refractivity contribution in [3.8, 4) is 0 Å². The summed E-state index contributed by atoms with van der Waals surface area (Å²) in [5.74, 6) is -0.355. The number of imide groups is 1. The number of piperidine rings is 1. The lowest BCUT2D eigenvalue weighted by Crippen LogP contribution is -2.52. The van der Waals surface area contributed by atoms with E-state index in [4.69, 9.17) is 5.11 Å². The topological polar surface area (TPSA) is 77.9 Å². The van der Waals surface area contributed by atoms with E-state index in [9.17, 15) is 14.4 Å². The van der Waals surface area contributed by atoms with Crippen LogP contribution in [0.3, 0.4) is 0 Å². The Bertz CT molecular complexity index is 405. The summed E-state index contributed by atoms with van der Waals surface area (Å²) in [5, 5.41) is 8.97. The Labute approximate surface area is 106 Å². The molecule has 6 nitrogen and oxygen atoms in total. The molecule has 18 heavy (non-hydrogen) atoms. The van der Waals surface area contributed by atoms with Crippen LogP contribution in [0.1, 0.15) is 33.1 Å². The van der Waals surface area contributed by atoms with Crippen LogP contribution in [-0.2, 0) is 9.59 Å². The van der Waals surface area contributed by atoms with Crippen molar-refractivity contribution in [3.63, 3.8) is 0 Å². The van der Waals surface area contributed by atoms with Gasteiger partial charge in [-0.05, 0) is 12.8 Å². The van der Waals surface area contributed by atoms with E-state index in [2.05, 4.69) is 0 Å². The van der Waals surface area contributed by atoms with Gasteiger partial charge >= 0.3 is 6.09 Å². The van der Waals surface area contributed by atoms with Gasteiger partial charge in [-0.3, -0.25) is 14.5 Å². The molecular weight excluding hydrogens is 236 g/mol. The Hall–Kier alpha value is -1.59. The zero-order chi connectivity index (χ0) is 13.5. The molecule has 2 rings (SSSR count). The first-order valence-corrected chi connectivity index (χ1v) is 6.17. The van der Waals surface area contributed by atoms with Crippen molar-refractivity contribution in [3.05, 3.63) is 0 Å². The Morgan fingerprint density at radius 3 is 2.56 bits per heavy atom. The zero-order valence-corrected chi connectivity index (χ0v) is 10.7. The summed E-state index contributed by atoms with van der Waals surface area (Å²) in [6.45, 7) is 4.23. The van der Waals surface area contributed by atoms with Gasteiger partial charge in [0.1, 0.15) is 0 Å². The lowest BCUT2D eigenvalue weighted by molar-refractivity contribution is -0.144. The molecule has 0 saturated carbocycles. The molecule has 0 spiro atoms. The van der Waals surface area contributed by atoms with Crippen LogP contribution in [0.15, 0.2) is 0 Å². The molecule has 2 aliphatic rings. The molecule has 0 radical (unpaired) electrons. The number of carboxylic acid groups (broad SMARTS) is 1. The third kappa shape index (κ3) is 2.07. The molecule has 100 valence electrons. The highest BCUT2D eigenvalue weighted by Gasteiger charge is 2.48. The highest BCUT2D eigenvalue weighted by Crippen LogP contribution is 2.34. The highest BCUT2D eigenvalue weighted by atomic mass is 16.4. The summed E-state index contributed by atoms with van der Waals surface area (Å²) in [5.41, 5.74) is -0.650. The van der Waals surface area contributed by atoms with Gasteiger partial charge in [0.25, 0.3) is 0 Å². The van der Waals surface area contributed by atoms with Crippen molar-refractivity contribution in [2.75, 3.05) is 13.1 Å². The van der Waals surface area contributed by atoms with E-state index in [0.717, 1.165) is 0 Å². The van der Waals surface area contributed by atoms with Crippen molar-refractivity contribution >= 4 is 17.9 Å². The summed E-state index contributed by atoms with van der Waals surface area (Å²) >= 11 is 0. The smallest absolute Gasteiger partial charge is 0.407 e. The summed E-state index contributed by atoms with van der Waals surface area (Å²) in [7, 11) is 0. The summed E-state index contributed by atoms with van der Waals surface area (Å²) in [4.78, 5) is 37.6. The Balaban J connectivity index is 2.14. The Morgan fingerprint density at radius 2 is 2.06 bits per heavy atom. The number of carbonyl (C=O) groups excluding carboxylic acids is 2. The molecule has 0 aromatic carbocycles. The van der Waals surface area contributed by atoms with Gasteiger partial charge in [-0.25, -0.2) is 4.79 Å². The van der Waals surface area contributed by atoms with Gasteiger partial charge < -0.3 is 10.0 Å². The Morgan fingerprint density at radius 1 is 1.39 bits per heavy atom. The number of nitrogens with zero attached hydrogens (tertiary/aromatic N) is 2. The molecule has 2 fully saturated rings. The summed E-state index contributed by atoms with van der Waals surface area (Å²) in [6.07, 6.45) is 0.611. The number of carbonyl (C=O) groups is 3. The van der Waals surface area contributed by atoms with Gasteiger partial charge in [0.2, 0.25) is 11.8 Å². The second-order valence-electron chi connectivity index (χ2n) is 5.65. The first-order valence-electron chi connectivity index (χ1n) is 6.17. The number of amides is 3. The van der Waals surface area contributed by atoms with Gasteiger partial charge in [0.15, 0.2) is 0 Å². The summed E-state index contributed by atoms with van der Waals surface area (Å²) in [6, 6.07) is -0.295. The van der Waals surface area contributed by atoms with Crippen LogP contribution in [-0.4, -0.2) is 51.9 Å². The molecule has 1 atom stereocenters. The van der Waals surface area contributed by atoms with E-state index in [0.29, 0.717) is 19.4 Å². The molecule has 0 aromatic rings. The molecule has 1 N–H and O–H groups in total. The minimum Gasteiger partial charge on any atom is -0.465 e. The van der Waals surface area contributed by atoms with Crippen molar-refractivity contribution in [2.24, 2.45) is 5.41 Å². The van der Waals surface area contributed by atoms with Gasteiger partial charge in [0, 0.05) is 19.5 Å². The first-order chi connectivity index (χ1) is 8.33. The van der Waals surface area contributed by atoms with Crippen molar-refractivity contribution in [1.82, 2.24) is 9.80 Å². The second kappa shape index (κ2) is 4.26. The van der Waals surface area contributed by atoms with Gasteiger partial charge in [-0.1, -0.05) is 13.8 Å². The van der Waals surface area contributed by atoms with Gasteiger partial charge in [-0.2, -0.15) is 0 Å². The van der Waals surface area contributed by atoms with Crippen LogP contribution in [0.25, 0.3) is 0 Å². The van der Waals surface area contributed by atoms with Crippen LogP contribution in [0.5, 0.6) is 0 Å². The number of hydrogen-bond donors (Lipinski definition) is 1. The fraction of sp³-hybridized carbons (Fsp3) is 0.750. The van der Waals surface area contributed by atoms with Crippen LogP contribution in [0.2, 0.25) is 0 Å². The highest BCUT2D eigenvalue weighted by molar-refractivity contribution is 6.05. The van der Waals surface area contributed by atoms with E-state index in [-0.39, 0.29) is 30.8 Å². The van der Waals surface area contributed by atoms with E-state index >= 15 is 0 Å². The SMILES string of the molecule is CC1(C)CC(=O)N(C2CCCN(C(=O)O)C2)C1=O. The molecule has 0 bridgehead atoms. The minimum atomic E-state index is -0.988. The maximum absolute atomic E-state index is 12.2. The summed E-state index contributed by atoms with van der Waals surface area (Å²) < 4.78 is 0. The maximum Gasteiger partial charge on any atom is 0.407 e. The monoisotopic (exact) mass is 254 g/mol. The predicted octanol–water partition coefficient (Wildman–Crippen LogP) is 0.914. The average Bonchev–Trinajstić information content (AvgIpc) is 2.48. The van der Waals surface area contributed by atoms with Crippen molar-refractivity contribution in [1.29, 1.82) is 0 Å². The Kier molecular flexibility index (Phi) is 3.04.